The van der Waals surface area contributed by atoms with E-state index in [1.807, 2.05) is 12.1 Å². The second-order valence-corrected chi connectivity index (χ2v) is 7.67. The number of carbonyl (C=O) groups excluding carboxylic acids is 1. The summed E-state index contributed by atoms with van der Waals surface area (Å²) in [6.07, 6.45) is 0.604. The number of carbonyl (C=O) groups is 1. The Hall–Kier alpha value is -1.96. The molecular formula is C17H18ClFN2O3S. The van der Waals surface area contributed by atoms with Gasteiger partial charge in [0.2, 0.25) is 15.9 Å². The Kier molecular flexibility index (Phi) is 6.52. The van der Waals surface area contributed by atoms with E-state index in [1.54, 1.807) is 12.1 Å². The first kappa shape index (κ1) is 19.4. The predicted molar refractivity (Wildman–Crippen MR) is 94.5 cm³/mol. The summed E-state index contributed by atoms with van der Waals surface area (Å²) in [5.74, 6) is -0.935. The van der Waals surface area contributed by atoms with Crippen LogP contribution in [0, 0.1) is 12.7 Å². The van der Waals surface area contributed by atoms with Crippen LogP contribution in [-0.4, -0.2) is 27.4 Å². The molecule has 0 heterocycles. The van der Waals surface area contributed by atoms with Crippen molar-refractivity contribution in [1.82, 2.24) is 10.0 Å². The van der Waals surface area contributed by atoms with Gasteiger partial charge in [-0.05, 0) is 54.8 Å². The third-order valence-corrected chi connectivity index (χ3v) is 5.16. The lowest BCUT2D eigenvalue weighted by Gasteiger charge is -2.09. The van der Waals surface area contributed by atoms with E-state index in [4.69, 9.17) is 11.6 Å². The summed E-state index contributed by atoms with van der Waals surface area (Å²) in [6, 6.07) is 10.7. The molecule has 0 bridgehead atoms. The maximum Gasteiger partial charge on any atom is 0.241 e. The Labute approximate surface area is 151 Å². The van der Waals surface area contributed by atoms with Gasteiger partial charge in [0.25, 0.3) is 0 Å². The highest BCUT2D eigenvalue weighted by molar-refractivity contribution is 7.89. The predicted octanol–water partition coefficient (Wildman–Crippen LogP) is 2.42. The molecule has 25 heavy (non-hydrogen) atoms. The summed E-state index contributed by atoms with van der Waals surface area (Å²) < 4.78 is 39.6. The number of benzene rings is 2. The molecule has 0 unspecified atom stereocenters. The SMILES string of the molecule is Cc1cc(S(=O)(=O)NCC(=O)NCCc2ccc(Cl)cc2)ccc1F. The largest absolute Gasteiger partial charge is 0.355 e. The average Bonchev–Trinajstić information content (AvgIpc) is 2.57. The van der Waals surface area contributed by atoms with Gasteiger partial charge in [0.1, 0.15) is 5.82 Å². The molecule has 0 saturated carbocycles. The van der Waals surface area contributed by atoms with E-state index in [2.05, 4.69) is 10.0 Å². The molecule has 1 amide bonds. The number of rotatable bonds is 7. The second kappa shape index (κ2) is 8.42. The summed E-state index contributed by atoms with van der Waals surface area (Å²) in [6.45, 7) is 1.45. The lowest BCUT2D eigenvalue weighted by molar-refractivity contribution is -0.119. The minimum Gasteiger partial charge on any atom is -0.355 e. The average molecular weight is 385 g/mol. The van der Waals surface area contributed by atoms with E-state index in [0.29, 0.717) is 18.0 Å². The number of aryl methyl sites for hydroxylation is 1. The van der Waals surface area contributed by atoms with Gasteiger partial charge in [-0.15, -0.1) is 0 Å². The van der Waals surface area contributed by atoms with Gasteiger partial charge < -0.3 is 5.32 Å². The van der Waals surface area contributed by atoms with E-state index in [-0.39, 0.29) is 17.0 Å². The molecular weight excluding hydrogens is 367 g/mol. The summed E-state index contributed by atoms with van der Waals surface area (Å²) in [7, 11) is -3.87. The van der Waals surface area contributed by atoms with E-state index >= 15 is 0 Å². The maximum absolute atomic E-state index is 13.2. The van der Waals surface area contributed by atoms with Crippen LogP contribution in [-0.2, 0) is 21.2 Å². The van der Waals surface area contributed by atoms with Crippen molar-refractivity contribution in [2.45, 2.75) is 18.2 Å². The van der Waals surface area contributed by atoms with Crippen molar-refractivity contribution in [1.29, 1.82) is 0 Å². The number of halogens is 2. The van der Waals surface area contributed by atoms with Crippen LogP contribution in [0.25, 0.3) is 0 Å². The summed E-state index contributed by atoms with van der Waals surface area (Å²) >= 11 is 5.79. The molecule has 0 atom stereocenters. The topological polar surface area (TPSA) is 75.3 Å². The van der Waals surface area contributed by atoms with E-state index in [0.717, 1.165) is 17.7 Å². The first-order valence-electron chi connectivity index (χ1n) is 7.55. The molecule has 134 valence electrons. The first-order chi connectivity index (χ1) is 11.8. The number of sulfonamides is 1. The molecule has 0 aromatic heterocycles. The molecule has 0 aliphatic heterocycles. The summed E-state index contributed by atoms with van der Waals surface area (Å²) in [5.41, 5.74) is 1.22. The second-order valence-electron chi connectivity index (χ2n) is 5.46. The summed E-state index contributed by atoms with van der Waals surface area (Å²) in [4.78, 5) is 11.7. The van der Waals surface area contributed by atoms with E-state index < -0.39 is 21.7 Å². The molecule has 5 nitrogen and oxygen atoms in total. The highest BCUT2D eigenvalue weighted by Gasteiger charge is 2.16. The third kappa shape index (κ3) is 5.81. The quantitative estimate of drug-likeness (QED) is 0.769. The summed E-state index contributed by atoms with van der Waals surface area (Å²) in [5, 5.41) is 3.27. The molecule has 0 radical (unpaired) electrons. The van der Waals surface area contributed by atoms with Crippen molar-refractivity contribution >= 4 is 27.5 Å². The van der Waals surface area contributed by atoms with Crippen LogP contribution in [0.1, 0.15) is 11.1 Å². The Morgan fingerprint density at radius 1 is 1.16 bits per heavy atom. The Balaban J connectivity index is 1.82. The number of amides is 1. The maximum atomic E-state index is 13.2. The van der Waals surface area contributed by atoms with Crippen LogP contribution in [0.3, 0.4) is 0 Å². The molecule has 0 aliphatic rings. The van der Waals surface area contributed by atoms with Gasteiger partial charge in [0.15, 0.2) is 0 Å². The van der Waals surface area contributed by atoms with Crippen molar-refractivity contribution < 1.29 is 17.6 Å². The zero-order chi connectivity index (χ0) is 18.4. The minimum atomic E-state index is -3.87. The van der Waals surface area contributed by atoms with Crippen LogP contribution in [0.15, 0.2) is 47.4 Å². The third-order valence-electron chi connectivity index (χ3n) is 3.51. The van der Waals surface area contributed by atoms with E-state index in [1.165, 1.54) is 13.0 Å². The lowest BCUT2D eigenvalue weighted by Crippen LogP contribution is -2.37. The molecule has 0 saturated heterocycles. The van der Waals surface area contributed by atoms with Crippen LogP contribution in [0.4, 0.5) is 4.39 Å². The van der Waals surface area contributed by atoms with Crippen molar-refractivity contribution in [3.05, 3.63) is 64.4 Å². The van der Waals surface area contributed by atoms with Gasteiger partial charge in [-0.2, -0.15) is 0 Å². The number of nitrogens with one attached hydrogen (secondary N) is 2. The van der Waals surface area contributed by atoms with Gasteiger partial charge in [-0.1, -0.05) is 23.7 Å². The molecule has 2 N–H and O–H groups in total. The fourth-order valence-corrected chi connectivity index (χ4v) is 3.28. The highest BCUT2D eigenvalue weighted by atomic mass is 35.5. The Morgan fingerprint density at radius 3 is 2.48 bits per heavy atom. The highest BCUT2D eigenvalue weighted by Crippen LogP contribution is 2.14. The van der Waals surface area contributed by atoms with Crippen molar-refractivity contribution in [2.24, 2.45) is 0 Å². The fourth-order valence-electron chi connectivity index (χ4n) is 2.09. The Bertz CT molecular complexity index is 855. The van der Waals surface area contributed by atoms with Crippen LogP contribution in [0.2, 0.25) is 5.02 Å². The van der Waals surface area contributed by atoms with Gasteiger partial charge in [-0.25, -0.2) is 17.5 Å². The van der Waals surface area contributed by atoms with Crippen LogP contribution < -0.4 is 10.0 Å². The molecule has 0 aliphatic carbocycles. The van der Waals surface area contributed by atoms with Crippen LogP contribution in [0.5, 0.6) is 0 Å². The van der Waals surface area contributed by atoms with Crippen molar-refractivity contribution in [2.75, 3.05) is 13.1 Å². The van der Waals surface area contributed by atoms with Crippen molar-refractivity contribution in [3.8, 4) is 0 Å². The minimum absolute atomic E-state index is 0.0830. The van der Waals surface area contributed by atoms with E-state index in [9.17, 15) is 17.6 Å². The smallest absolute Gasteiger partial charge is 0.241 e. The normalized spacial score (nSPS) is 11.3. The van der Waals surface area contributed by atoms with Gasteiger partial charge >= 0.3 is 0 Å². The number of hydrogen-bond donors (Lipinski definition) is 2. The number of hydrogen-bond acceptors (Lipinski definition) is 3. The van der Waals surface area contributed by atoms with Crippen molar-refractivity contribution in [3.63, 3.8) is 0 Å². The molecule has 8 heteroatoms. The van der Waals surface area contributed by atoms with Gasteiger partial charge in [-0.3, -0.25) is 4.79 Å². The molecule has 2 aromatic carbocycles. The standard InChI is InChI=1S/C17H18ClFN2O3S/c1-12-10-15(6-7-16(12)19)25(23,24)21-11-17(22)20-9-8-13-2-4-14(18)5-3-13/h2-7,10,21H,8-9,11H2,1H3,(H,20,22). The molecule has 2 aromatic rings. The molecule has 0 fully saturated rings. The fraction of sp³-hybridized carbons (Fsp3) is 0.235. The van der Waals surface area contributed by atoms with Gasteiger partial charge in [0.05, 0.1) is 11.4 Å². The monoisotopic (exact) mass is 384 g/mol. The zero-order valence-electron chi connectivity index (χ0n) is 13.6. The zero-order valence-corrected chi connectivity index (χ0v) is 15.1. The molecule has 2 rings (SSSR count). The Morgan fingerprint density at radius 2 is 1.84 bits per heavy atom. The van der Waals surface area contributed by atoms with Gasteiger partial charge in [0, 0.05) is 11.6 Å². The first-order valence-corrected chi connectivity index (χ1v) is 9.41. The van der Waals surface area contributed by atoms with Crippen LogP contribution >= 0.6 is 11.6 Å². The lowest BCUT2D eigenvalue weighted by atomic mass is 10.1. The molecule has 0 spiro atoms.